The van der Waals surface area contributed by atoms with Gasteiger partial charge in [0.1, 0.15) is 0 Å². The monoisotopic (exact) mass is 383 g/mol. The molecule has 156 valence electrons. The van der Waals surface area contributed by atoms with Crippen molar-refractivity contribution in [3.05, 3.63) is 0 Å². The molecule has 6 heteroatoms. The van der Waals surface area contributed by atoms with Gasteiger partial charge in [0.25, 0.3) is 0 Å². The molecule has 1 amide bonds. The van der Waals surface area contributed by atoms with Gasteiger partial charge in [0.05, 0.1) is 17.6 Å². The van der Waals surface area contributed by atoms with Gasteiger partial charge >= 0.3 is 0 Å². The molecule has 2 aliphatic carbocycles. The Bertz CT molecular complexity index is 521. The fourth-order valence-corrected chi connectivity index (χ4v) is 5.67. The number of nitrogens with two attached hydrogens (primary N) is 1. The molecule has 3 aliphatic rings. The smallest absolute Gasteiger partial charge is 0.223 e. The summed E-state index contributed by atoms with van der Waals surface area (Å²) < 4.78 is 13.1. The van der Waals surface area contributed by atoms with Gasteiger partial charge in [-0.15, -0.1) is 0 Å². The van der Waals surface area contributed by atoms with Crippen LogP contribution >= 0.6 is 0 Å². The first kappa shape index (κ1) is 21.0. The molecule has 0 aromatic heterocycles. The molecule has 2 saturated carbocycles. The zero-order valence-corrected chi connectivity index (χ0v) is 16.9. The minimum absolute atomic E-state index is 0.0101. The van der Waals surface area contributed by atoms with Crippen LogP contribution in [0.25, 0.3) is 0 Å². The lowest BCUT2D eigenvalue weighted by Gasteiger charge is -2.45. The van der Waals surface area contributed by atoms with Gasteiger partial charge in [-0.05, 0) is 56.3 Å². The van der Waals surface area contributed by atoms with Crippen LogP contribution in [0.1, 0.15) is 71.6 Å². The van der Waals surface area contributed by atoms with Gasteiger partial charge < -0.3 is 25.4 Å². The van der Waals surface area contributed by atoms with Gasteiger partial charge in [0.15, 0.2) is 5.79 Å². The predicted molar refractivity (Wildman–Crippen MR) is 102 cm³/mol. The van der Waals surface area contributed by atoms with Crippen LogP contribution in [0.4, 0.5) is 0 Å². The van der Waals surface area contributed by atoms with Crippen LogP contribution < -0.4 is 5.73 Å². The second-order valence-corrected chi connectivity index (χ2v) is 9.54. The zero-order valence-electron chi connectivity index (χ0n) is 16.9. The lowest BCUT2D eigenvalue weighted by molar-refractivity contribution is -0.196. The zero-order chi connectivity index (χ0) is 19.7. The molecule has 1 heterocycles. The highest BCUT2D eigenvalue weighted by atomic mass is 16.8. The van der Waals surface area contributed by atoms with E-state index in [2.05, 4.69) is 0 Å². The van der Waals surface area contributed by atoms with E-state index in [0.29, 0.717) is 19.3 Å². The molecule has 2 unspecified atom stereocenters. The molecular weight excluding hydrogens is 346 g/mol. The maximum Gasteiger partial charge on any atom is 0.223 e. The Morgan fingerprint density at radius 2 is 1.74 bits per heavy atom. The molecule has 0 aromatic rings. The summed E-state index contributed by atoms with van der Waals surface area (Å²) in [5.74, 6) is -0.511. The molecule has 3 rings (SSSR count). The number of carbonyl (C=O) groups is 1. The highest BCUT2D eigenvalue weighted by molar-refractivity contribution is 5.81. The van der Waals surface area contributed by atoms with Crippen LogP contribution in [0.3, 0.4) is 0 Å². The van der Waals surface area contributed by atoms with Crippen molar-refractivity contribution in [2.75, 3.05) is 13.2 Å². The van der Waals surface area contributed by atoms with E-state index in [1.807, 2.05) is 13.8 Å². The Morgan fingerprint density at radius 3 is 2.33 bits per heavy atom. The molecule has 3 fully saturated rings. The first-order valence-corrected chi connectivity index (χ1v) is 10.7. The van der Waals surface area contributed by atoms with E-state index >= 15 is 0 Å². The van der Waals surface area contributed by atoms with E-state index in [1.165, 1.54) is 6.42 Å². The van der Waals surface area contributed by atoms with Gasteiger partial charge in [0.2, 0.25) is 5.91 Å². The molecule has 0 aromatic carbocycles. The predicted octanol–water partition coefficient (Wildman–Crippen LogP) is 2.35. The van der Waals surface area contributed by atoms with E-state index in [-0.39, 0.29) is 49.1 Å². The van der Waals surface area contributed by atoms with Crippen LogP contribution in [0.5, 0.6) is 0 Å². The number of carbonyl (C=O) groups excluding carboxylic acids is 1. The van der Waals surface area contributed by atoms with Crippen molar-refractivity contribution in [1.82, 2.24) is 0 Å². The normalized spacial score (nSPS) is 37.7. The van der Waals surface area contributed by atoms with Crippen molar-refractivity contribution in [2.24, 2.45) is 28.9 Å². The maximum absolute atomic E-state index is 12.6. The van der Waals surface area contributed by atoms with Crippen LogP contribution in [0.2, 0.25) is 0 Å². The fraction of sp³-hybridized carbons (Fsp3) is 0.952. The summed E-state index contributed by atoms with van der Waals surface area (Å²) in [5.41, 5.74) is 5.24. The molecule has 0 radical (unpaired) electrons. The van der Waals surface area contributed by atoms with E-state index in [9.17, 15) is 15.0 Å². The molecule has 0 bridgehead atoms. The SMILES string of the molecule is CC(CO)C[C@@H]1C[C@@](CC(C)CO)(C(N)=O)C[C@H]2OC3(CCCCC3)O[C@@H]12. The summed E-state index contributed by atoms with van der Waals surface area (Å²) in [6, 6.07) is 0. The number of hydrogen-bond acceptors (Lipinski definition) is 5. The number of ether oxygens (including phenoxy) is 2. The topological polar surface area (TPSA) is 102 Å². The largest absolute Gasteiger partial charge is 0.396 e. The Labute approximate surface area is 162 Å². The number of aliphatic hydroxyl groups excluding tert-OH is 2. The van der Waals surface area contributed by atoms with Gasteiger partial charge in [0, 0.05) is 26.1 Å². The van der Waals surface area contributed by atoms with E-state index in [4.69, 9.17) is 15.2 Å². The summed E-state index contributed by atoms with van der Waals surface area (Å²) in [7, 11) is 0. The molecule has 6 atom stereocenters. The third-order valence-electron chi connectivity index (χ3n) is 7.00. The van der Waals surface area contributed by atoms with Crippen LogP contribution in [0.15, 0.2) is 0 Å². The second-order valence-electron chi connectivity index (χ2n) is 9.54. The molecule has 1 saturated heterocycles. The lowest BCUT2D eigenvalue weighted by Crippen LogP contribution is -2.51. The standard InChI is InChI=1S/C21H37NO5/c1-14(12-23)8-16-10-20(19(22)25,9-15(2)13-24)11-17-18(16)27-21(26-17)6-4-3-5-7-21/h14-18,23-24H,3-13H2,1-2H3,(H2,22,25)/t14?,15?,16-,17-,18+,20-/m1/s1. The molecule has 1 aliphatic heterocycles. The van der Waals surface area contributed by atoms with Crippen molar-refractivity contribution < 1.29 is 24.5 Å². The molecule has 4 N–H and O–H groups in total. The van der Waals surface area contributed by atoms with Gasteiger partial charge in [-0.3, -0.25) is 4.79 Å². The summed E-state index contributed by atoms with van der Waals surface area (Å²) >= 11 is 0. The van der Waals surface area contributed by atoms with Crippen molar-refractivity contribution in [3.8, 4) is 0 Å². The van der Waals surface area contributed by atoms with E-state index in [1.54, 1.807) is 0 Å². The number of primary amides is 1. The summed E-state index contributed by atoms with van der Waals surface area (Å²) in [6.07, 6.45) is 7.69. The van der Waals surface area contributed by atoms with Gasteiger partial charge in [-0.25, -0.2) is 0 Å². The van der Waals surface area contributed by atoms with Crippen LogP contribution in [-0.2, 0) is 14.3 Å². The Hall–Kier alpha value is -0.690. The Kier molecular flexibility index (Phi) is 6.51. The first-order chi connectivity index (χ1) is 12.8. The second kappa shape index (κ2) is 8.36. The Morgan fingerprint density at radius 1 is 1.07 bits per heavy atom. The highest BCUT2D eigenvalue weighted by Gasteiger charge is 2.58. The molecule has 1 spiro atoms. The van der Waals surface area contributed by atoms with E-state index in [0.717, 1.165) is 32.1 Å². The van der Waals surface area contributed by atoms with Crippen molar-refractivity contribution in [2.45, 2.75) is 89.6 Å². The molecule has 27 heavy (non-hydrogen) atoms. The minimum atomic E-state index is -0.674. The fourth-order valence-electron chi connectivity index (χ4n) is 5.67. The molecule has 6 nitrogen and oxygen atoms in total. The van der Waals surface area contributed by atoms with Gasteiger partial charge in [-0.1, -0.05) is 20.3 Å². The Balaban J connectivity index is 1.86. The average molecular weight is 384 g/mol. The van der Waals surface area contributed by atoms with Crippen molar-refractivity contribution in [1.29, 1.82) is 0 Å². The quantitative estimate of drug-likeness (QED) is 0.626. The van der Waals surface area contributed by atoms with E-state index < -0.39 is 11.2 Å². The summed E-state index contributed by atoms with van der Waals surface area (Å²) in [4.78, 5) is 12.6. The van der Waals surface area contributed by atoms with Crippen LogP contribution in [-0.4, -0.2) is 47.3 Å². The summed E-state index contributed by atoms with van der Waals surface area (Å²) in [6.45, 7) is 4.15. The number of rotatable bonds is 7. The lowest BCUT2D eigenvalue weighted by atomic mass is 9.62. The third-order valence-corrected chi connectivity index (χ3v) is 7.00. The molecular formula is C21H37NO5. The highest BCUT2D eigenvalue weighted by Crippen LogP contribution is 2.53. The number of amides is 1. The van der Waals surface area contributed by atoms with Gasteiger partial charge in [-0.2, -0.15) is 0 Å². The average Bonchev–Trinajstić information content (AvgIpc) is 2.99. The number of fused-ring (bicyclic) bond motifs is 1. The van der Waals surface area contributed by atoms with Crippen molar-refractivity contribution >= 4 is 5.91 Å². The first-order valence-electron chi connectivity index (χ1n) is 10.7. The van der Waals surface area contributed by atoms with Crippen LogP contribution in [0, 0.1) is 23.2 Å². The maximum atomic E-state index is 12.6. The summed E-state index contributed by atoms with van der Waals surface area (Å²) in [5, 5.41) is 19.1. The number of hydrogen-bond donors (Lipinski definition) is 3. The van der Waals surface area contributed by atoms with Crippen molar-refractivity contribution in [3.63, 3.8) is 0 Å². The third kappa shape index (κ3) is 4.34. The number of aliphatic hydroxyl groups is 2. The minimum Gasteiger partial charge on any atom is -0.396 e.